The quantitative estimate of drug-likeness (QED) is 0.745. The molecule has 1 amide bonds. The van der Waals surface area contributed by atoms with Gasteiger partial charge in [0.25, 0.3) is 0 Å². The van der Waals surface area contributed by atoms with E-state index < -0.39 is 5.60 Å². The van der Waals surface area contributed by atoms with Crippen LogP contribution in [0.1, 0.15) is 41.5 Å². The van der Waals surface area contributed by atoms with Gasteiger partial charge >= 0.3 is 6.09 Å². The first-order valence-electron chi connectivity index (χ1n) is 7.41. The SMILES string of the molecule is CCOCC(C)NCC(C)CN(C)C(=O)OC(C)(C)C. The molecule has 0 saturated heterocycles. The summed E-state index contributed by atoms with van der Waals surface area (Å²) in [4.78, 5) is 13.5. The first-order valence-corrected chi connectivity index (χ1v) is 7.41. The third-order valence-corrected chi connectivity index (χ3v) is 2.68. The second-order valence-corrected chi connectivity index (χ2v) is 6.43. The molecule has 0 aliphatic heterocycles. The van der Waals surface area contributed by atoms with E-state index in [0.29, 0.717) is 25.1 Å². The molecule has 0 heterocycles. The van der Waals surface area contributed by atoms with Gasteiger partial charge in [-0.05, 0) is 47.1 Å². The lowest BCUT2D eigenvalue weighted by molar-refractivity contribution is 0.0275. The Balaban J connectivity index is 3.95. The number of ether oxygens (including phenoxy) is 2. The molecule has 5 nitrogen and oxygen atoms in total. The molecule has 0 bridgehead atoms. The molecule has 2 atom stereocenters. The van der Waals surface area contributed by atoms with Crippen LogP contribution < -0.4 is 5.32 Å². The maximum atomic E-state index is 11.8. The zero-order chi connectivity index (χ0) is 15.8. The first kappa shape index (κ1) is 19.2. The minimum atomic E-state index is -0.446. The molecule has 20 heavy (non-hydrogen) atoms. The van der Waals surface area contributed by atoms with Crippen LogP contribution in [0.25, 0.3) is 0 Å². The van der Waals surface area contributed by atoms with E-state index in [1.54, 1.807) is 11.9 Å². The summed E-state index contributed by atoms with van der Waals surface area (Å²) in [5.74, 6) is 0.358. The molecular formula is C15H32N2O3. The first-order chi connectivity index (χ1) is 9.15. The number of rotatable bonds is 8. The molecule has 0 fully saturated rings. The molecule has 1 N–H and O–H groups in total. The van der Waals surface area contributed by atoms with Crippen molar-refractivity contribution in [3.63, 3.8) is 0 Å². The van der Waals surface area contributed by atoms with Crippen LogP contribution in [0.3, 0.4) is 0 Å². The maximum Gasteiger partial charge on any atom is 0.410 e. The van der Waals surface area contributed by atoms with Crippen LogP contribution in [0, 0.1) is 5.92 Å². The summed E-state index contributed by atoms with van der Waals surface area (Å²) in [7, 11) is 1.77. The molecule has 0 saturated carbocycles. The van der Waals surface area contributed by atoms with Gasteiger partial charge in [0.15, 0.2) is 0 Å². The van der Waals surface area contributed by atoms with E-state index >= 15 is 0 Å². The van der Waals surface area contributed by atoms with E-state index in [4.69, 9.17) is 9.47 Å². The van der Waals surface area contributed by atoms with Gasteiger partial charge in [-0.15, -0.1) is 0 Å². The number of amides is 1. The molecule has 0 aromatic heterocycles. The predicted octanol–water partition coefficient (Wildman–Crippen LogP) is 2.50. The van der Waals surface area contributed by atoms with Gasteiger partial charge in [0, 0.05) is 26.2 Å². The second kappa shape index (κ2) is 9.19. The highest BCUT2D eigenvalue weighted by molar-refractivity contribution is 5.67. The van der Waals surface area contributed by atoms with Crippen LogP contribution in [0.5, 0.6) is 0 Å². The molecule has 0 aromatic rings. The molecule has 0 radical (unpaired) electrons. The van der Waals surface area contributed by atoms with Gasteiger partial charge in [-0.3, -0.25) is 0 Å². The van der Waals surface area contributed by atoms with Crippen molar-refractivity contribution in [1.29, 1.82) is 0 Å². The second-order valence-electron chi connectivity index (χ2n) is 6.43. The molecule has 0 aliphatic rings. The zero-order valence-electron chi connectivity index (χ0n) is 14.2. The average Bonchev–Trinajstić information content (AvgIpc) is 2.31. The standard InChI is InChI=1S/C15H32N2O3/c1-8-19-11-13(3)16-9-12(2)10-17(7)14(18)20-15(4,5)6/h12-13,16H,8-11H2,1-7H3. The number of nitrogens with one attached hydrogen (secondary N) is 1. The molecule has 120 valence electrons. The van der Waals surface area contributed by atoms with Gasteiger partial charge in [-0.25, -0.2) is 4.79 Å². The minimum absolute atomic E-state index is 0.272. The van der Waals surface area contributed by atoms with Crippen LogP contribution in [0.2, 0.25) is 0 Å². The summed E-state index contributed by atoms with van der Waals surface area (Å²) in [6, 6.07) is 0.323. The Labute approximate surface area is 124 Å². The van der Waals surface area contributed by atoms with Crippen molar-refractivity contribution >= 4 is 6.09 Å². The summed E-state index contributed by atoms with van der Waals surface area (Å²) in [5, 5.41) is 3.41. The van der Waals surface area contributed by atoms with Crippen LogP contribution in [-0.2, 0) is 9.47 Å². The Kier molecular flexibility index (Phi) is 8.81. The molecule has 0 rings (SSSR count). The topological polar surface area (TPSA) is 50.8 Å². The molecule has 0 aromatic carbocycles. The lowest BCUT2D eigenvalue weighted by atomic mass is 10.1. The van der Waals surface area contributed by atoms with Gasteiger partial charge in [0.2, 0.25) is 0 Å². The molecule has 2 unspecified atom stereocenters. The smallest absolute Gasteiger partial charge is 0.410 e. The normalized spacial score (nSPS) is 14.8. The fourth-order valence-corrected chi connectivity index (χ4v) is 1.70. The predicted molar refractivity (Wildman–Crippen MR) is 82.0 cm³/mol. The highest BCUT2D eigenvalue weighted by atomic mass is 16.6. The van der Waals surface area contributed by atoms with Crippen LogP contribution in [0.15, 0.2) is 0 Å². The summed E-state index contributed by atoms with van der Waals surface area (Å²) < 4.78 is 10.7. The molecule has 5 heteroatoms. The Morgan fingerprint density at radius 2 is 1.90 bits per heavy atom. The summed E-state index contributed by atoms with van der Waals surface area (Å²) in [6.07, 6.45) is -0.272. The third-order valence-electron chi connectivity index (χ3n) is 2.68. The van der Waals surface area contributed by atoms with Gasteiger partial charge in [-0.1, -0.05) is 6.92 Å². The molecule has 0 aliphatic carbocycles. The van der Waals surface area contributed by atoms with E-state index in [-0.39, 0.29) is 6.09 Å². The van der Waals surface area contributed by atoms with Crippen molar-refractivity contribution in [2.75, 3.05) is 33.4 Å². The van der Waals surface area contributed by atoms with Gasteiger partial charge in [-0.2, -0.15) is 0 Å². The fourth-order valence-electron chi connectivity index (χ4n) is 1.70. The average molecular weight is 288 g/mol. The van der Waals surface area contributed by atoms with Crippen molar-refractivity contribution in [3.05, 3.63) is 0 Å². The number of carbonyl (C=O) groups excluding carboxylic acids is 1. The van der Waals surface area contributed by atoms with Crippen molar-refractivity contribution in [3.8, 4) is 0 Å². The van der Waals surface area contributed by atoms with E-state index in [9.17, 15) is 4.79 Å². The fraction of sp³-hybridized carbons (Fsp3) is 0.933. The van der Waals surface area contributed by atoms with Crippen molar-refractivity contribution in [1.82, 2.24) is 10.2 Å². The number of nitrogens with zero attached hydrogens (tertiary/aromatic N) is 1. The monoisotopic (exact) mass is 288 g/mol. The summed E-state index contributed by atoms with van der Waals surface area (Å²) >= 11 is 0. The minimum Gasteiger partial charge on any atom is -0.444 e. The van der Waals surface area contributed by atoms with Crippen molar-refractivity contribution < 1.29 is 14.3 Å². The number of hydrogen-bond acceptors (Lipinski definition) is 4. The molecular weight excluding hydrogens is 256 g/mol. The van der Waals surface area contributed by atoms with Crippen LogP contribution in [0.4, 0.5) is 4.79 Å². The van der Waals surface area contributed by atoms with Crippen LogP contribution in [-0.4, -0.2) is 56.0 Å². The lowest BCUT2D eigenvalue weighted by Crippen LogP contribution is -2.40. The van der Waals surface area contributed by atoms with E-state index in [1.165, 1.54) is 0 Å². The van der Waals surface area contributed by atoms with Gasteiger partial charge in [0.05, 0.1) is 6.61 Å². The Hall–Kier alpha value is -0.810. The zero-order valence-corrected chi connectivity index (χ0v) is 14.2. The van der Waals surface area contributed by atoms with Gasteiger partial charge in [0.1, 0.15) is 5.60 Å². The maximum absolute atomic E-state index is 11.8. The molecule has 0 spiro atoms. The highest BCUT2D eigenvalue weighted by Gasteiger charge is 2.20. The van der Waals surface area contributed by atoms with E-state index in [0.717, 1.165) is 13.2 Å². The van der Waals surface area contributed by atoms with Crippen molar-refractivity contribution in [2.24, 2.45) is 5.92 Å². The summed E-state index contributed by atoms with van der Waals surface area (Å²) in [6.45, 7) is 14.8. The van der Waals surface area contributed by atoms with Crippen LogP contribution >= 0.6 is 0 Å². The van der Waals surface area contributed by atoms with E-state index in [2.05, 4.69) is 19.2 Å². The van der Waals surface area contributed by atoms with E-state index in [1.807, 2.05) is 27.7 Å². The Bertz CT molecular complexity index is 277. The Morgan fingerprint density at radius 3 is 2.40 bits per heavy atom. The highest BCUT2D eigenvalue weighted by Crippen LogP contribution is 2.10. The number of hydrogen-bond donors (Lipinski definition) is 1. The number of carbonyl (C=O) groups is 1. The largest absolute Gasteiger partial charge is 0.444 e. The van der Waals surface area contributed by atoms with Gasteiger partial charge < -0.3 is 19.7 Å². The lowest BCUT2D eigenvalue weighted by Gasteiger charge is -2.27. The Morgan fingerprint density at radius 1 is 1.30 bits per heavy atom. The summed E-state index contributed by atoms with van der Waals surface area (Å²) in [5.41, 5.74) is -0.446. The van der Waals surface area contributed by atoms with Crippen molar-refractivity contribution in [2.45, 2.75) is 53.2 Å². The third kappa shape index (κ3) is 10.0.